The van der Waals surface area contributed by atoms with Gasteiger partial charge in [-0.1, -0.05) is 0 Å². The Labute approximate surface area is 172 Å². The van der Waals surface area contributed by atoms with Crippen LogP contribution in [-0.4, -0.2) is 38.4 Å². The lowest BCUT2D eigenvalue weighted by Gasteiger charge is -2.11. The Morgan fingerprint density at radius 3 is 2.50 bits per heavy atom. The van der Waals surface area contributed by atoms with Gasteiger partial charge in [0.25, 0.3) is 10.1 Å². The van der Waals surface area contributed by atoms with E-state index in [0.29, 0.717) is 17.6 Å². The summed E-state index contributed by atoms with van der Waals surface area (Å²) in [6.45, 7) is 3.73. The van der Waals surface area contributed by atoms with E-state index in [-0.39, 0.29) is 23.1 Å². The number of rotatable bonds is 6. The summed E-state index contributed by atoms with van der Waals surface area (Å²) in [7, 11) is -4.99. The average molecular weight is 461 g/mol. The van der Waals surface area contributed by atoms with Crippen LogP contribution in [0.4, 0.5) is 24.1 Å². The molecule has 14 heteroatoms. The first-order valence-corrected chi connectivity index (χ1v) is 10.4. The van der Waals surface area contributed by atoms with Crippen LogP contribution in [0.3, 0.4) is 0 Å². The van der Waals surface area contributed by atoms with Gasteiger partial charge in [-0.15, -0.1) is 0 Å². The number of nitrogens with zero attached hydrogens (tertiary/aromatic N) is 4. The van der Waals surface area contributed by atoms with Crippen molar-refractivity contribution in [1.82, 2.24) is 19.3 Å². The number of aromatic nitrogens is 4. The Balaban J connectivity index is 1.87. The molecule has 0 saturated heterocycles. The predicted molar refractivity (Wildman–Crippen MR) is 101 cm³/mol. The summed E-state index contributed by atoms with van der Waals surface area (Å²) >= 11 is 0.801. The molecule has 0 fully saturated rings. The summed E-state index contributed by atoms with van der Waals surface area (Å²) < 4.78 is 80.3. The number of hydrogen-bond acceptors (Lipinski definition) is 9. The summed E-state index contributed by atoms with van der Waals surface area (Å²) in [5, 5.41) is 2.49. The normalized spacial score (nSPS) is 12.2. The molecule has 3 aromatic heterocycles. The summed E-state index contributed by atoms with van der Waals surface area (Å²) in [5.41, 5.74) is -0.933. The molecule has 9 nitrogen and oxygen atoms in total. The Bertz CT molecular complexity index is 1150. The molecule has 160 valence electrons. The van der Waals surface area contributed by atoms with E-state index in [4.69, 9.17) is 4.74 Å². The van der Waals surface area contributed by atoms with E-state index < -0.39 is 32.6 Å². The summed E-state index contributed by atoms with van der Waals surface area (Å²) in [4.78, 5) is 10.7. The Morgan fingerprint density at radius 2 is 1.93 bits per heavy atom. The molecule has 0 aliphatic heterocycles. The average Bonchev–Trinajstić information content (AvgIpc) is 3.09. The highest BCUT2D eigenvalue weighted by molar-refractivity contribution is 7.86. The van der Waals surface area contributed by atoms with E-state index in [9.17, 15) is 26.1 Å². The molecule has 0 atom stereocenters. The fourth-order valence-corrected chi connectivity index (χ4v) is 3.43. The quantitative estimate of drug-likeness (QED) is 0.527. The maximum atomic E-state index is 12.8. The zero-order valence-electron chi connectivity index (χ0n) is 15.4. The van der Waals surface area contributed by atoms with Gasteiger partial charge in [0, 0.05) is 17.7 Å². The molecule has 30 heavy (non-hydrogen) atoms. The van der Waals surface area contributed by atoms with Crippen molar-refractivity contribution in [3.8, 4) is 17.3 Å². The van der Waals surface area contributed by atoms with Crippen LogP contribution in [0.15, 0.2) is 35.5 Å². The van der Waals surface area contributed by atoms with Crippen molar-refractivity contribution >= 4 is 32.6 Å². The third-order valence-corrected chi connectivity index (χ3v) is 4.94. The first kappa shape index (κ1) is 21.9. The molecule has 0 aliphatic carbocycles. The number of nitrogens with one attached hydrogen (secondary N) is 1. The van der Waals surface area contributed by atoms with Crippen LogP contribution in [0.2, 0.25) is 0 Å². The van der Waals surface area contributed by atoms with Gasteiger partial charge in [-0.2, -0.15) is 30.9 Å². The molecule has 3 aromatic rings. The number of halogens is 3. The fourth-order valence-electron chi connectivity index (χ4n) is 2.22. The topological polar surface area (TPSA) is 127 Å². The molecule has 0 spiro atoms. The Kier molecular flexibility index (Phi) is 5.92. The first-order chi connectivity index (χ1) is 13.9. The third-order valence-electron chi connectivity index (χ3n) is 3.45. The standard InChI is InChI=1S/C16H14F3N5O4S2/c1-8(2)28-10-3-4-11(20-7-10)13-22-15(29-24-13)23-14-12(30(25,26)27)5-9(6-21-14)16(17,18)19/h3-8H,1-2H3,(H,25,26,27)(H,21,22,23,24). The molecule has 3 heterocycles. The molecule has 0 radical (unpaired) electrons. The number of ether oxygens (including phenoxy) is 1. The highest BCUT2D eigenvalue weighted by Gasteiger charge is 2.33. The lowest BCUT2D eigenvalue weighted by atomic mass is 10.3. The van der Waals surface area contributed by atoms with Crippen LogP contribution >= 0.6 is 11.5 Å². The van der Waals surface area contributed by atoms with Gasteiger partial charge in [0.1, 0.15) is 16.3 Å². The minimum atomic E-state index is -4.99. The number of anilines is 2. The number of alkyl halides is 3. The predicted octanol–water partition coefficient (Wildman–Crippen LogP) is 3.79. The van der Waals surface area contributed by atoms with Gasteiger partial charge in [-0.05, 0) is 32.0 Å². The molecule has 0 saturated carbocycles. The fraction of sp³-hybridized carbons (Fsp3) is 0.250. The first-order valence-electron chi connectivity index (χ1n) is 8.22. The van der Waals surface area contributed by atoms with Gasteiger partial charge >= 0.3 is 6.18 Å². The zero-order valence-corrected chi connectivity index (χ0v) is 17.0. The highest BCUT2D eigenvalue weighted by Crippen LogP contribution is 2.33. The highest BCUT2D eigenvalue weighted by atomic mass is 32.2. The summed E-state index contributed by atoms with van der Waals surface area (Å²) in [6.07, 6.45) is -2.94. The van der Waals surface area contributed by atoms with Gasteiger partial charge in [-0.3, -0.25) is 4.55 Å². The third kappa shape index (κ3) is 5.20. The number of hydrogen-bond donors (Lipinski definition) is 2. The minimum Gasteiger partial charge on any atom is -0.489 e. The van der Waals surface area contributed by atoms with Crippen molar-refractivity contribution in [3.05, 3.63) is 36.2 Å². The minimum absolute atomic E-state index is 0.0286. The maximum absolute atomic E-state index is 12.8. The van der Waals surface area contributed by atoms with Crippen LogP contribution in [0.5, 0.6) is 5.75 Å². The second kappa shape index (κ2) is 8.12. The Morgan fingerprint density at radius 1 is 1.20 bits per heavy atom. The van der Waals surface area contributed by atoms with E-state index in [2.05, 4.69) is 24.6 Å². The molecule has 0 aliphatic rings. The molecule has 3 rings (SSSR count). The van der Waals surface area contributed by atoms with Crippen LogP contribution < -0.4 is 10.1 Å². The lowest BCUT2D eigenvalue weighted by molar-refractivity contribution is -0.138. The smallest absolute Gasteiger partial charge is 0.417 e. The van der Waals surface area contributed by atoms with Gasteiger partial charge in [-0.25, -0.2) is 9.97 Å². The zero-order chi connectivity index (χ0) is 22.1. The van der Waals surface area contributed by atoms with Crippen molar-refractivity contribution in [2.24, 2.45) is 0 Å². The van der Waals surface area contributed by atoms with Gasteiger partial charge in [0.05, 0.1) is 17.9 Å². The van der Waals surface area contributed by atoms with Crippen molar-refractivity contribution in [1.29, 1.82) is 0 Å². The van der Waals surface area contributed by atoms with Crippen molar-refractivity contribution in [3.63, 3.8) is 0 Å². The molecule has 0 bridgehead atoms. The van der Waals surface area contributed by atoms with E-state index >= 15 is 0 Å². The molecular formula is C16H14F3N5O4S2. The van der Waals surface area contributed by atoms with Gasteiger partial charge < -0.3 is 10.1 Å². The summed E-state index contributed by atoms with van der Waals surface area (Å²) in [6, 6.07) is 3.56. The second-order valence-electron chi connectivity index (χ2n) is 6.14. The lowest BCUT2D eigenvalue weighted by Crippen LogP contribution is -2.11. The largest absolute Gasteiger partial charge is 0.489 e. The van der Waals surface area contributed by atoms with E-state index in [1.54, 1.807) is 12.1 Å². The van der Waals surface area contributed by atoms with Crippen LogP contribution in [0.25, 0.3) is 11.5 Å². The monoisotopic (exact) mass is 461 g/mol. The second-order valence-corrected chi connectivity index (χ2v) is 8.28. The molecule has 2 N–H and O–H groups in total. The van der Waals surface area contributed by atoms with Crippen molar-refractivity contribution in [2.75, 3.05) is 5.32 Å². The van der Waals surface area contributed by atoms with Crippen molar-refractivity contribution < 1.29 is 30.9 Å². The van der Waals surface area contributed by atoms with Gasteiger partial charge in [0.15, 0.2) is 11.6 Å². The molecule has 0 amide bonds. The van der Waals surface area contributed by atoms with E-state index in [1.807, 2.05) is 13.8 Å². The van der Waals surface area contributed by atoms with Gasteiger partial charge in [0.2, 0.25) is 5.13 Å². The summed E-state index contributed by atoms with van der Waals surface area (Å²) in [5.74, 6) is 0.217. The number of pyridine rings is 2. The maximum Gasteiger partial charge on any atom is 0.417 e. The van der Waals surface area contributed by atoms with Crippen LogP contribution in [0, 0.1) is 0 Å². The SMILES string of the molecule is CC(C)Oc1ccc(-c2nsc(Nc3ncc(C(F)(F)F)cc3S(=O)(=O)O)n2)nc1. The van der Waals surface area contributed by atoms with E-state index in [0.717, 1.165) is 11.5 Å². The van der Waals surface area contributed by atoms with Crippen LogP contribution in [0.1, 0.15) is 19.4 Å². The van der Waals surface area contributed by atoms with E-state index in [1.165, 1.54) is 6.20 Å². The Hall–Kier alpha value is -2.84. The van der Waals surface area contributed by atoms with Crippen molar-refractivity contribution in [2.45, 2.75) is 31.0 Å². The van der Waals surface area contributed by atoms with Crippen LogP contribution in [-0.2, 0) is 16.3 Å². The molecular weight excluding hydrogens is 447 g/mol. The molecule has 0 aromatic carbocycles. The molecule has 0 unspecified atom stereocenters.